The molecule has 0 aliphatic heterocycles. The summed E-state index contributed by atoms with van der Waals surface area (Å²) in [4.78, 5) is 0. The van der Waals surface area contributed by atoms with E-state index in [-0.39, 0.29) is 5.16 Å². The molecule has 33 heavy (non-hydrogen) atoms. The lowest BCUT2D eigenvalue weighted by Gasteiger charge is -2.41. The summed E-state index contributed by atoms with van der Waals surface area (Å²) in [6, 6.07) is 30.5. The Balaban J connectivity index is 1.72. The van der Waals surface area contributed by atoms with Crippen LogP contribution in [0.4, 0.5) is 0 Å². The van der Waals surface area contributed by atoms with Crippen molar-refractivity contribution >= 4 is 31.8 Å². The molecule has 4 rings (SSSR count). The molecule has 0 N–H and O–H groups in total. The Morgan fingerprint density at radius 1 is 0.758 bits per heavy atom. The number of methoxy groups -OCH3 is 2. The van der Waals surface area contributed by atoms with E-state index in [4.69, 9.17) is 9.47 Å². The molecule has 170 valence electrons. The predicted molar refractivity (Wildman–Crippen MR) is 146 cm³/mol. The summed E-state index contributed by atoms with van der Waals surface area (Å²) in [5.41, 5.74) is 0. The molecule has 0 radical (unpaired) electrons. The first-order valence-corrected chi connectivity index (χ1v) is 14.4. The molecule has 0 amide bonds. The van der Waals surface area contributed by atoms with Crippen LogP contribution in [0.3, 0.4) is 0 Å². The minimum Gasteiger partial charge on any atom is -0.500 e. The second-order valence-corrected chi connectivity index (χ2v) is 13.4. The molecule has 3 aromatic rings. The highest BCUT2D eigenvalue weighted by molar-refractivity contribution is 7.75. The number of para-hydroxylation sites is 1. The monoisotopic (exact) mass is 474 g/mol. The van der Waals surface area contributed by atoms with Gasteiger partial charge in [-0.2, -0.15) is 0 Å². The van der Waals surface area contributed by atoms with Gasteiger partial charge in [-0.15, -0.1) is 0 Å². The van der Waals surface area contributed by atoms with Crippen molar-refractivity contribution in [2.45, 2.75) is 18.5 Å². The molecule has 2 nitrogen and oxygen atoms in total. The number of ether oxygens (including phenoxy) is 2. The average molecular weight is 475 g/mol. The maximum Gasteiger partial charge on any atom is 0.126 e. The lowest BCUT2D eigenvalue weighted by molar-refractivity contribution is 0.256. The van der Waals surface area contributed by atoms with Crippen molar-refractivity contribution in [2.75, 3.05) is 26.5 Å². The van der Waals surface area contributed by atoms with Crippen LogP contribution in [0.25, 0.3) is 0 Å². The van der Waals surface area contributed by atoms with Crippen LogP contribution in [-0.2, 0) is 4.74 Å². The smallest absolute Gasteiger partial charge is 0.126 e. The summed E-state index contributed by atoms with van der Waals surface area (Å²) in [5, 5.41) is 4.14. The lowest BCUT2D eigenvalue weighted by atomic mass is 10.00. The zero-order valence-corrected chi connectivity index (χ0v) is 21.4. The molecule has 0 spiro atoms. The number of rotatable bonds is 9. The summed E-state index contributed by atoms with van der Waals surface area (Å²) < 4.78 is 11.7. The van der Waals surface area contributed by atoms with Gasteiger partial charge in [-0.25, -0.2) is 0 Å². The fourth-order valence-corrected chi connectivity index (χ4v) is 10.8. The van der Waals surface area contributed by atoms with Crippen LogP contribution < -0.4 is 20.7 Å². The van der Waals surface area contributed by atoms with Crippen molar-refractivity contribution in [3.8, 4) is 5.75 Å². The third kappa shape index (κ3) is 5.24. The van der Waals surface area contributed by atoms with Gasteiger partial charge in [0.1, 0.15) is 11.5 Å². The van der Waals surface area contributed by atoms with E-state index in [9.17, 15) is 0 Å². The molecule has 3 unspecified atom stereocenters. The fourth-order valence-electron chi connectivity index (χ4n) is 4.58. The Bertz CT molecular complexity index is 1090. The topological polar surface area (TPSA) is 18.5 Å². The van der Waals surface area contributed by atoms with Gasteiger partial charge in [0, 0.05) is 5.30 Å². The molecule has 0 heterocycles. The molecule has 3 atom stereocenters. The molecule has 1 aliphatic carbocycles. The van der Waals surface area contributed by atoms with E-state index < -0.39 is 15.8 Å². The zero-order chi connectivity index (χ0) is 23.1. The summed E-state index contributed by atoms with van der Waals surface area (Å²) in [6.45, 7) is 2.39. The Morgan fingerprint density at radius 3 is 2.06 bits per heavy atom. The first kappa shape index (κ1) is 23.7. The van der Waals surface area contributed by atoms with Crippen LogP contribution in [0.5, 0.6) is 5.75 Å². The van der Waals surface area contributed by atoms with E-state index in [1.807, 2.05) is 7.11 Å². The summed E-state index contributed by atoms with van der Waals surface area (Å²) in [5.74, 6) is 2.09. The van der Waals surface area contributed by atoms with E-state index >= 15 is 0 Å². The van der Waals surface area contributed by atoms with Crippen molar-refractivity contribution < 1.29 is 9.47 Å². The molecular weight excluding hydrogens is 442 g/mol. The lowest BCUT2D eigenvalue weighted by Crippen LogP contribution is -2.33. The van der Waals surface area contributed by atoms with Gasteiger partial charge in [-0.05, 0) is 56.3 Å². The first-order valence-electron chi connectivity index (χ1n) is 11.4. The van der Waals surface area contributed by atoms with Crippen molar-refractivity contribution in [3.05, 3.63) is 109 Å². The largest absolute Gasteiger partial charge is 0.500 e. The van der Waals surface area contributed by atoms with Crippen LogP contribution in [0.2, 0.25) is 0 Å². The Hall–Kier alpha value is -2.40. The van der Waals surface area contributed by atoms with Crippen molar-refractivity contribution in [3.63, 3.8) is 0 Å². The quantitative estimate of drug-likeness (QED) is 0.345. The predicted octanol–water partition coefficient (Wildman–Crippen LogP) is 6.18. The molecule has 0 aromatic heterocycles. The Morgan fingerprint density at radius 2 is 1.39 bits per heavy atom. The molecule has 0 bridgehead atoms. The fraction of sp³-hybridized carbons (Fsp3) is 0.241. The van der Waals surface area contributed by atoms with E-state index in [1.165, 1.54) is 15.9 Å². The van der Waals surface area contributed by atoms with E-state index in [1.54, 1.807) is 7.11 Å². The van der Waals surface area contributed by atoms with E-state index in [0.717, 1.165) is 30.3 Å². The van der Waals surface area contributed by atoms with Gasteiger partial charge in [0.25, 0.3) is 0 Å². The van der Waals surface area contributed by atoms with Crippen LogP contribution in [0.15, 0.2) is 109 Å². The highest BCUT2D eigenvalue weighted by Gasteiger charge is 2.40. The first-order chi connectivity index (χ1) is 16.2. The van der Waals surface area contributed by atoms with Crippen LogP contribution in [0.1, 0.15) is 13.3 Å². The van der Waals surface area contributed by atoms with E-state index in [2.05, 4.69) is 110 Å². The summed E-state index contributed by atoms with van der Waals surface area (Å²) >= 11 is 0. The number of hydrogen-bond donors (Lipinski definition) is 0. The van der Waals surface area contributed by atoms with Crippen molar-refractivity contribution in [1.29, 1.82) is 0 Å². The molecule has 0 saturated heterocycles. The van der Waals surface area contributed by atoms with Crippen molar-refractivity contribution in [2.24, 2.45) is 0 Å². The van der Waals surface area contributed by atoms with Gasteiger partial charge in [0.05, 0.1) is 19.4 Å². The number of allylic oxidation sites excluding steroid dienone is 4. The van der Waals surface area contributed by atoms with Gasteiger partial charge in [-0.1, -0.05) is 98.9 Å². The Kier molecular flexibility index (Phi) is 8.02. The maximum atomic E-state index is 5.93. The maximum absolute atomic E-state index is 5.93. The summed E-state index contributed by atoms with van der Waals surface area (Å²) in [7, 11) is 2.54. The minimum atomic E-state index is -0.549. The SMILES string of the molecule is COC1=CC=CCC1(C)P(CCP(c1ccccc1)c1ccccc1OC)c1ccccc1. The third-order valence-corrected chi connectivity index (χ3v) is 12.4. The second kappa shape index (κ2) is 11.1. The van der Waals surface area contributed by atoms with Crippen LogP contribution >= 0.6 is 15.8 Å². The van der Waals surface area contributed by atoms with Gasteiger partial charge in [0.2, 0.25) is 0 Å². The normalized spacial score (nSPS) is 19.4. The van der Waals surface area contributed by atoms with Gasteiger partial charge in [0.15, 0.2) is 0 Å². The second-order valence-electron chi connectivity index (χ2n) is 8.29. The molecule has 0 saturated carbocycles. The highest BCUT2D eigenvalue weighted by atomic mass is 31.1. The molecule has 3 aromatic carbocycles. The van der Waals surface area contributed by atoms with Gasteiger partial charge < -0.3 is 9.47 Å². The number of hydrogen-bond acceptors (Lipinski definition) is 2. The number of benzene rings is 3. The molecular formula is C29H32O2P2. The van der Waals surface area contributed by atoms with Crippen LogP contribution in [0, 0.1) is 0 Å². The summed E-state index contributed by atoms with van der Waals surface area (Å²) in [6.07, 6.45) is 9.82. The van der Waals surface area contributed by atoms with Gasteiger partial charge in [-0.3, -0.25) is 0 Å². The van der Waals surface area contributed by atoms with Gasteiger partial charge >= 0.3 is 0 Å². The van der Waals surface area contributed by atoms with Crippen molar-refractivity contribution in [1.82, 2.24) is 0 Å². The minimum absolute atomic E-state index is 0.0152. The third-order valence-electron chi connectivity index (χ3n) is 6.30. The standard InChI is InChI=1S/C29H32O2P2/c1-29(21-13-12-20-28(29)31-3)33(25-16-8-5-9-17-25)23-22-32(24-14-6-4-7-15-24)27-19-11-10-18-26(27)30-2/h4-20H,21-23H2,1-3H3. The zero-order valence-electron chi connectivity index (χ0n) is 19.6. The van der Waals surface area contributed by atoms with E-state index in [0.29, 0.717) is 0 Å². The van der Waals surface area contributed by atoms with Crippen LogP contribution in [-0.4, -0.2) is 31.7 Å². The molecule has 4 heteroatoms. The molecule has 0 fully saturated rings. The highest BCUT2D eigenvalue weighted by Crippen LogP contribution is 2.57. The molecule has 1 aliphatic rings. The average Bonchev–Trinajstić information content (AvgIpc) is 2.88. The Labute approximate surface area is 200 Å².